The summed E-state index contributed by atoms with van der Waals surface area (Å²) >= 11 is 0. The van der Waals surface area contributed by atoms with Gasteiger partial charge < -0.3 is 10.4 Å². The molecule has 1 unspecified atom stereocenters. The van der Waals surface area contributed by atoms with Crippen molar-refractivity contribution in [2.45, 2.75) is 25.4 Å². The van der Waals surface area contributed by atoms with Gasteiger partial charge in [0.2, 0.25) is 5.91 Å². The Labute approximate surface area is 112 Å². The first kappa shape index (κ1) is 13.5. The fourth-order valence-electron chi connectivity index (χ4n) is 2.56. The van der Waals surface area contributed by atoms with Crippen LogP contribution in [-0.4, -0.2) is 41.5 Å². The van der Waals surface area contributed by atoms with Gasteiger partial charge >= 0.3 is 5.97 Å². The van der Waals surface area contributed by atoms with Crippen molar-refractivity contribution in [2.75, 3.05) is 13.6 Å². The van der Waals surface area contributed by atoms with E-state index in [1.54, 1.807) is 19.2 Å². The Morgan fingerprint density at radius 1 is 1.42 bits per heavy atom. The minimum absolute atomic E-state index is 0.00491. The number of hydrogen-bond acceptors (Lipinski definition) is 3. The van der Waals surface area contributed by atoms with E-state index >= 15 is 0 Å². The van der Waals surface area contributed by atoms with Gasteiger partial charge in [-0.25, -0.2) is 4.79 Å². The highest BCUT2D eigenvalue weighted by atomic mass is 16.4. The van der Waals surface area contributed by atoms with E-state index < -0.39 is 5.97 Å². The van der Waals surface area contributed by atoms with Crippen LogP contribution in [0.1, 0.15) is 28.8 Å². The Balaban J connectivity index is 2.17. The average molecular weight is 262 g/mol. The number of carbonyl (C=O) groups excluding carboxylic acids is 1. The van der Waals surface area contributed by atoms with Gasteiger partial charge in [0.1, 0.15) is 0 Å². The van der Waals surface area contributed by atoms with Crippen molar-refractivity contribution in [3.8, 4) is 0 Å². The SMILES string of the molecule is CNC(=O)C1CCCN1Cc1ccccc1C(=O)O. The molecular formula is C14H18N2O3. The lowest BCUT2D eigenvalue weighted by atomic mass is 10.1. The molecule has 1 aromatic carbocycles. The Bertz CT molecular complexity index is 487. The molecule has 0 bridgehead atoms. The summed E-state index contributed by atoms with van der Waals surface area (Å²) in [6.45, 7) is 1.33. The van der Waals surface area contributed by atoms with Gasteiger partial charge in [-0.3, -0.25) is 9.69 Å². The summed E-state index contributed by atoms with van der Waals surface area (Å²) in [7, 11) is 1.63. The van der Waals surface area contributed by atoms with Gasteiger partial charge in [0.15, 0.2) is 0 Å². The molecule has 1 amide bonds. The molecule has 1 aliphatic heterocycles. The summed E-state index contributed by atoms with van der Waals surface area (Å²) in [5.74, 6) is -0.920. The number of likely N-dealkylation sites (tertiary alicyclic amines) is 1. The molecular weight excluding hydrogens is 244 g/mol. The highest BCUT2D eigenvalue weighted by Crippen LogP contribution is 2.21. The Morgan fingerprint density at radius 3 is 2.84 bits per heavy atom. The first-order valence-corrected chi connectivity index (χ1v) is 6.40. The lowest BCUT2D eigenvalue weighted by Gasteiger charge is -2.23. The summed E-state index contributed by atoms with van der Waals surface area (Å²) in [6.07, 6.45) is 1.79. The highest BCUT2D eigenvalue weighted by Gasteiger charge is 2.30. The van der Waals surface area contributed by atoms with Crippen LogP contribution < -0.4 is 5.32 Å². The number of carboxylic acid groups (broad SMARTS) is 1. The first-order valence-electron chi connectivity index (χ1n) is 6.40. The molecule has 5 heteroatoms. The number of nitrogens with zero attached hydrogens (tertiary/aromatic N) is 1. The molecule has 2 rings (SSSR count). The van der Waals surface area contributed by atoms with Gasteiger partial charge in [-0.2, -0.15) is 0 Å². The van der Waals surface area contributed by atoms with Gasteiger partial charge in [-0.05, 0) is 31.0 Å². The molecule has 1 aromatic rings. The summed E-state index contributed by atoms with van der Waals surface area (Å²) < 4.78 is 0. The molecule has 1 heterocycles. The second kappa shape index (κ2) is 5.84. The van der Waals surface area contributed by atoms with Crippen LogP contribution in [0.3, 0.4) is 0 Å². The number of carbonyl (C=O) groups is 2. The van der Waals surface area contributed by atoms with Crippen LogP contribution in [0.25, 0.3) is 0 Å². The molecule has 5 nitrogen and oxygen atoms in total. The number of hydrogen-bond donors (Lipinski definition) is 2. The van der Waals surface area contributed by atoms with Crippen molar-refractivity contribution in [1.82, 2.24) is 10.2 Å². The second-order valence-corrected chi connectivity index (χ2v) is 4.71. The van der Waals surface area contributed by atoms with E-state index in [1.807, 2.05) is 17.0 Å². The van der Waals surface area contributed by atoms with E-state index in [2.05, 4.69) is 5.32 Å². The third-order valence-electron chi connectivity index (χ3n) is 3.53. The van der Waals surface area contributed by atoms with E-state index in [1.165, 1.54) is 0 Å². The molecule has 0 aromatic heterocycles. The molecule has 1 saturated heterocycles. The molecule has 1 aliphatic rings. The third-order valence-corrected chi connectivity index (χ3v) is 3.53. The van der Waals surface area contributed by atoms with Crippen molar-refractivity contribution in [2.24, 2.45) is 0 Å². The first-order chi connectivity index (χ1) is 9.13. The summed E-state index contributed by atoms with van der Waals surface area (Å²) in [4.78, 5) is 25.0. The molecule has 19 heavy (non-hydrogen) atoms. The molecule has 0 aliphatic carbocycles. The number of carboxylic acids is 1. The van der Waals surface area contributed by atoms with Crippen molar-refractivity contribution in [3.05, 3.63) is 35.4 Å². The predicted octanol–water partition coefficient (Wildman–Crippen LogP) is 1.10. The van der Waals surface area contributed by atoms with Crippen LogP contribution in [0.2, 0.25) is 0 Å². The van der Waals surface area contributed by atoms with Gasteiger partial charge in [-0.15, -0.1) is 0 Å². The Morgan fingerprint density at radius 2 is 2.16 bits per heavy atom. The van der Waals surface area contributed by atoms with Crippen molar-refractivity contribution < 1.29 is 14.7 Å². The normalized spacial score (nSPS) is 19.3. The van der Waals surface area contributed by atoms with Gasteiger partial charge in [0, 0.05) is 13.6 Å². The second-order valence-electron chi connectivity index (χ2n) is 4.71. The van der Waals surface area contributed by atoms with Crippen LogP contribution in [-0.2, 0) is 11.3 Å². The topological polar surface area (TPSA) is 69.6 Å². The molecule has 0 saturated carbocycles. The van der Waals surface area contributed by atoms with Gasteiger partial charge in [0.25, 0.3) is 0 Å². The van der Waals surface area contributed by atoms with Gasteiger partial charge in [0.05, 0.1) is 11.6 Å². The molecule has 0 spiro atoms. The van der Waals surface area contributed by atoms with Crippen LogP contribution in [0, 0.1) is 0 Å². The van der Waals surface area contributed by atoms with Crippen LogP contribution in [0.5, 0.6) is 0 Å². The molecule has 0 radical (unpaired) electrons. The van der Waals surface area contributed by atoms with E-state index in [-0.39, 0.29) is 11.9 Å². The zero-order valence-electron chi connectivity index (χ0n) is 10.9. The summed E-state index contributed by atoms with van der Waals surface area (Å²) in [5.41, 5.74) is 1.07. The highest BCUT2D eigenvalue weighted by molar-refractivity contribution is 5.89. The number of likely N-dealkylation sites (N-methyl/N-ethyl adjacent to an activating group) is 1. The number of nitrogens with one attached hydrogen (secondary N) is 1. The van der Waals surface area contributed by atoms with E-state index in [4.69, 9.17) is 5.11 Å². The van der Waals surface area contributed by atoms with E-state index in [9.17, 15) is 9.59 Å². The number of aromatic carboxylic acids is 1. The maximum atomic E-state index is 11.8. The van der Waals surface area contributed by atoms with Crippen molar-refractivity contribution in [3.63, 3.8) is 0 Å². The van der Waals surface area contributed by atoms with Crippen LogP contribution in [0.15, 0.2) is 24.3 Å². The molecule has 1 fully saturated rings. The maximum Gasteiger partial charge on any atom is 0.336 e. The minimum atomic E-state index is -0.925. The molecule has 1 atom stereocenters. The fraction of sp³-hybridized carbons (Fsp3) is 0.429. The lowest BCUT2D eigenvalue weighted by molar-refractivity contribution is -0.125. The summed E-state index contributed by atoms with van der Waals surface area (Å²) in [5, 5.41) is 11.8. The van der Waals surface area contributed by atoms with Crippen LogP contribution in [0.4, 0.5) is 0 Å². The van der Waals surface area contributed by atoms with Crippen molar-refractivity contribution in [1.29, 1.82) is 0 Å². The van der Waals surface area contributed by atoms with E-state index in [0.717, 1.165) is 24.9 Å². The smallest absolute Gasteiger partial charge is 0.336 e. The third kappa shape index (κ3) is 2.93. The quantitative estimate of drug-likeness (QED) is 0.852. The largest absolute Gasteiger partial charge is 0.478 e. The summed E-state index contributed by atoms with van der Waals surface area (Å²) in [6, 6.07) is 6.80. The fourth-order valence-corrected chi connectivity index (χ4v) is 2.56. The van der Waals surface area contributed by atoms with Crippen LogP contribution >= 0.6 is 0 Å². The van der Waals surface area contributed by atoms with Gasteiger partial charge in [-0.1, -0.05) is 18.2 Å². The Kier molecular flexibility index (Phi) is 4.16. The zero-order valence-corrected chi connectivity index (χ0v) is 10.9. The predicted molar refractivity (Wildman–Crippen MR) is 70.9 cm³/mol. The Hall–Kier alpha value is -1.88. The lowest BCUT2D eigenvalue weighted by Crippen LogP contribution is -2.41. The maximum absolute atomic E-state index is 11.8. The molecule has 2 N–H and O–H groups in total. The zero-order chi connectivity index (χ0) is 13.8. The monoisotopic (exact) mass is 262 g/mol. The van der Waals surface area contributed by atoms with Crippen molar-refractivity contribution >= 4 is 11.9 Å². The minimum Gasteiger partial charge on any atom is -0.478 e. The standard InChI is InChI=1S/C14H18N2O3/c1-15-13(17)12-7-4-8-16(12)9-10-5-2-3-6-11(10)14(18)19/h2-3,5-6,12H,4,7-9H2,1H3,(H,15,17)(H,18,19). The number of amides is 1. The number of benzene rings is 1. The molecule has 102 valence electrons. The average Bonchev–Trinajstić information content (AvgIpc) is 2.86. The van der Waals surface area contributed by atoms with E-state index in [0.29, 0.717) is 12.1 Å². The number of rotatable bonds is 4.